The lowest BCUT2D eigenvalue weighted by atomic mass is 9.94. The second-order valence-electron chi connectivity index (χ2n) is 4.86. The quantitative estimate of drug-likeness (QED) is 0.680. The molecule has 1 unspecified atom stereocenters. The van der Waals surface area contributed by atoms with E-state index in [2.05, 4.69) is 76.0 Å². The molecule has 3 aromatic rings. The van der Waals surface area contributed by atoms with Crippen LogP contribution in [-0.2, 0) is 0 Å². The van der Waals surface area contributed by atoms with Gasteiger partial charge in [-0.2, -0.15) is 0 Å². The molecule has 0 radical (unpaired) electrons. The lowest BCUT2D eigenvalue weighted by Gasteiger charge is -2.21. The Kier molecular flexibility index (Phi) is 3.92. The summed E-state index contributed by atoms with van der Waals surface area (Å²) >= 11 is 5.44. The van der Waals surface area contributed by atoms with Gasteiger partial charge in [-0.1, -0.05) is 46.3 Å². The third-order valence-corrected chi connectivity index (χ3v) is 5.57. The van der Waals surface area contributed by atoms with Crippen LogP contribution in [0.4, 0.5) is 0 Å². The first-order valence-corrected chi connectivity index (χ1v) is 8.28. The summed E-state index contributed by atoms with van der Waals surface area (Å²) in [4.78, 5) is 0. The Balaban J connectivity index is 2.19. The third kappa shape index (κ3) is 2.30. The minimum absolute atomic E-state index is 0.217. The molecule has 1 heterocycles. The van der Waals surface area contributed by atoms with Gasteiger partial charge in [-0.15, -0.1) is 11.3 Å². The summed E-state index contributed by atoms with van der Waals surface area (Å²) in [6.07, 6.45) is 0. The molecule has 102 valence electrons. The Morgan fingerprint density at radius 2 is 1.80 bits per heavy atom. The van der Waals surface area contributed by atoms with E-state index in [9.17, 15) is 0 Å². The standard InChI is InChI=1S/C17H16BrNS/c1-11-13(6-4-8-15(11)18)16(19-2)14-7-3-5-12-9-10-20-17(12)14/h3-10,16,19H,1-2H3. The molecule has 1 atom stereocenters. The molecule has 0 amide bonds. The molecule has 3 rings (SSSR count). The van der Waals surface area contributed by atoms with E-state index in [-0.39, 0.29) is 6.04 Å². The maximum Gasteiger partial charge on any atom is 0.0591 e. The molecule has 0 aliphatic carbocycles. The summed E-state index contributed by atoms with van der Waals surface area (Å²) in [6.45, 7) is 2.16. The summed E-state index contributed by atoms with van der Waals surface area (Å²) < 4.78 is 2.53. The van der Waals surface area contributed by atoms with Crippen LogP contribution in [0.5, 0.6) is 0 Å². The Morgan fingerprint density at radius 3 is 2.60 bits per heavy atom. The molecule has 1 nitrogen and oxygen atoms in total. The van der Waals surface area contributed by atoms with Crippen LogP contribution in [0.3, 0.4) is 0 Å². The topological polar surface area (TPSA) is 12.0 Å². The first-order valence-electron chi connectivity index (χ1n) is 6.60. The van der Waals surface area contributed by atoms with Gasteiger partial charge in [0.2, 0.25) is 0 Å². The van der Waals surface area contributed by atoms with Crippen LogP contribution in [-0.4, -0.2) is 7.05 Å². The van der Waals surface area contributed by atoms with Gasteiger partial charge < -0.3 is 5.32 Å². The van der Waals surface area contributed by atoms with E-state index in [1.165, 1.54) is 26.8 Å². The largest absolute Gasteiger partial charge is 0.309 e. The van der Waals surface area contributed by atoms with Gasteiger partial charge in [0.1, 0.15) is 0 Å². The van der Waals surface area contributed by atoms with E-state index in [1.54, 1.807) is 0 Å². The normalized spacial score (nSPS) is 12.8. The van der Waals surface area contributed by atoms with Gasteiger partial charge in [0, 0.05) is 9.17 Å². The molecule has 0 spiro atoms. The lowest BCUT2D eigenvalue weighted by Crippen LogP contribution is -2.18. The van der Waals surface area contributed by atoms with E-state index in [0.29, 0.717) is 0 Å². The highest BCUT2D eigenvalue weighted by atomic mass is 79.9. The smallest absolute Gasteiger partial charge is 0.0591 e. The molecule has 1 N–H and O–H groups in total. The molecule has 1 aromatic heterocycles. The van der Waals surface area contributed by atoms with Crippen LogP contribution in [0.2, 0.25) is 0 Å². The van der Waals surface area contributed by atoms with Gasteiger partial charge in [0.25, 0.3) is 0 Å². The third-order valence-electron chi connectivity index (χ3n) is 3.73. The molecular formula is C17H16BrNS. The van der Waals surface area contributed by atoms with Crippen molar-refractivity contribution in [2.24, 2.45) is 0 Å². The fourth-order valence-electron chi connectivity index (χ4n) is 2.66. The molecular weight excluding hydrogens is 330 g/mol. The van der Waals surface area contributed by atoms with Gasteiger partial charge in [0.15, 0.2) is 0 Å². The average molecular weight is 346 g/mol. The molecule has 0 aliphatic heterocycles. The zero-order chi connectivity index (χ0) is 14.1. The van der Waals surface area contributed by atoms with Crippen molar-refractivity contribution in [2.75, 3.05) is 7.05 Å². The SMILES string of the molecule is CNC(c1cccc(Br)c1C)c1cccc2ccsc12. The van der Waals surface area contributed by atoms with E-state index in [4.69, 9.17) is 0 Å². The molecule has 0 saturated carbocycles. The van der Waals surface area contributed by atoms with E-state index in [1.807, 2.05) is 18.4 Å². The van der Waals surface area contributed by atoms with Gasteiger partial charge in [-0.3, -0.25) is 0 Å². The van der Waals surface area contributed by atoms with Crippen molar-refractivity contribution in [1.82, 2.24) is 5.32 Å². The lowest BCUT2D eigenvalue weighted by molar-refractivity contribution is 0.693. The zero-order valence-electron chi connectivity index (χ0n) is 11.5. The Labute approximate surface area is 131 Å². The van der Waals surface area contributed by atoms with Crippen molar-refractivity contribution in [1.29, 1.82) is 0 Å². The number of halogens is 1. The highest BCUT2D eigenvalue weighted by Gasteiger charge is 2.18. The van der Waals surface area contributed by atoms with Crippen LogP contribution < -0.4 is 5.32 Å². The molecule has 0 bridgehead atoms. The maximum absolute atomic E-state index is 3.63. The van der Waals surface area contributed by atoms with Gasteiger partial charge in [0.05, 0.1) is 6.04 Å². The second-order valence-corrected chi connectivity index (χ2v) is 6.63. The molecule has 3 heteroatoms. The van der Waals surface area contributed by atoms with Crippen LogP contribution in [0.25, 0.3) is 10.1 Å². The zero-order valence-corrected chi connectivity index (χ0v) is 13.9. The van der Waals surface area contributed by atoms with Crippen molar-refractivity contribution in [3.05, 3.63) is 69.0 Å². The minimum Gasteiger partial charge on any atom is -0.309 e. The predicted molar refractivity (Wildman–Crippen MR) is 91.6 cm³/mol. The number of hydrogen-bond acceptors (Lipinski definition) is 2. The maximum atomic E-state index is 3.63. The number of rotatable bonds is 3. The Hall–Kier alpha value is -1.16. The van der Waals surface area contributed by atoms with Crippen LogP contribution in [0, 0.1) is 6.92 Å². The fraction of sp³-hybridized carbons (Fsp3) is 0.176. The molecule has 2 aromatic carbocycles. The van der Waals surface area contributed by atoms with E-state index >= 15 is 0 Å². The first-order chi connectivity index (χ1) is 9.72. The number of hydrogen-bond donors (Lipinski definition) is 1. The molecule has 0 aliphatic rings. The fourth-order valence-corrected chi connectivity index (χ4v) is 3.99. The van der Waals surface area contributed by atoms with E-state index < -0.39 is 0 Å². The van der Waals surface area contributed by atoms with Crippen LogP contribution in [0.1, 0.15) is 22.7 Å². The first kappa shape index (κ1) is 13.8. The summed E-state index contributed by atoms with van der Waals surface area (Å²) in [6, 6.07) is 15.3. The number of nitrogens with one attached hydrogen (secondary N) is 1. The summed E-state index contributed by atoms with van der Waals surface area (Å²) in [5, 5.41) is 6.95. The number of thiophene rings is 1. The molecule has 0 saturated heterocycles. The summed E-state index contributed by atoms with van der Waals surface area (Å²) in [5.41, 5.74) is 3.96. The van der Waals surface area contributed by atoms with Crippen molar-refractivity contribution >= 4 is 37.4 Å². The summed E-state index contributed by atoms with van der Waals surface area (Å²) in [5.74, 6) is 0. The minimum atomic E-state index is 0.217. The molecule has 20 heavy (non-hydrogen) atoms. The monoisotopic (exact) mass is 345 g/mol. The highest BCUT2D eigenvalue weighted by Crippen LogP contribution is 2.34. The van der Waals surface area contributed by atoms with Crippen LogP contribution in [0.15, 0.2) is 52.3 Å². The Morgan fingerprint density at radius 1 is 1.05 bits per heavy atom. The van der Waals surface area contributed by atoms with Crippen molar-refractivity contribution in [3.63, 3.8) is 0 Å². The number of benzene rings is 2. The van der Waals surface area contributed by atoms with Gasteiger partial charge >= 0.3 is 0 Å². The second kappa shape index (κ2) is 5.68. The van der Waals surface area contributed by atoms with Crippen LogP contribution >= 0.6 is 27.3 Å². The predicted octanol–water partition coefficient (Wildman–Crippen LogP) is 5.28. The van der Waals surface area contributed by atoms with Gasteiger partial charge in [-0.05, 0) is 53.6 Å². The summed E-state index contributed by atoms with van der Waals surface area (Å²) in [7, 11) is 2.03. The Bertz CT molecular complexity index is 748. The number of fused-ring (bicyclic) bond motifs is 1. The van der Waals surface area contributed by atoms with E-state index in [0.717, 1.165) is 4.47 Å². The van der Waals surface area contributed by atoms with Crippen molar-refractivity contribution < 1.29 is 0 Å². The molecule has 0 fully saturated rings. The van der Waals surface area contributed by atoms with Gasteiger partial charge in [-0.25, -0.2) is 0 Å². The average Bonchev–Trinajstić information content (AvgIpc) is 2.93. The van der Waals surface area contributed by atoms with Crippen molar-refractivity contribution in [2.45, 2.75) is 13.0 Å². The highest BCUT2D eigenvalue weighted by molar-refractivity contribution is 9.10. The van der Waals surface area contributed by atoms with Crippen molar-refractivity contribution in [3.8, 4) is 0 Å².